The number of aliphatic hydroxyl groups excluding tert-OH is 1. The molecule has 0 aromatic carbocycles. The smallest absolute Gasteiger partial charge is 0.272 e. The molecule has 0 unspecified atom stereocenters. The Morgan fingerprint density at radius 2 is 2.31 bits per heavy atom. The number of hydrogen-bond donors (Lipinski definition) is 2. The van der Waals surface area contributed by atoms with E-state index in [1.807, 2.05) is 13.0 Å². The van der Waals surface area contributed by atoms with Crippen LogP contribution in [0.1, 0.15) is 17.4 Å². The third kappa shape index (κ3) is 3.20. The molecule has 0 saturated heterocycles. The number of aliphatic hydroxyl groups is 1. The average Bonchev–Trinajstić information content (AvgIpc) is 2.29. The van der Waals surface area contributed by atoms with Gasteiger partial charge in [-0.1, -0.05) is 6.07 Å². The summed E-state index contributed by atoms with van der Waals surface area (Å²) in [6.07, 6.45) is 0. The number of pyridine rings is 1. The summed E-state index contributed by atoms with van der Waals surface area (Å²) < 4.78 is 0. The number of anilines is 1. The van der Waals surface area contributed by atoms with Crippen LogP contribution in [-0.2, 0) is 0 Å². The molecule has 0 aliphatic rings. The van der Waals surface area contributed by atoms with Crippen LogP contribution in [0.25, 0.3) is 0 Å². The maximum atomic E-state index is 11.8. The summed E-state index contributed by atoms with van der Waals surface area (Å²) in [5, 5.41) is 11.8. The van der Waals surface area contributed by atoms with Crippen molar-refractivity contribution in [3.63, 3.8) is 0 Å². The molecule has 0 spiro atoms. The molecule has 1 heterocycles. The highest BCUT2D eigenvalue weighted by Gasteiger charge is 2.12. The summed E-state index contributed by atoms with van der Waals surface area (Å²) in [4.78, 5) is 17.4. The molecule has 1 aromatic rings. The Morgan fingerprint density at radius 1 is 1.56 bits per heavy atom. The number of carbonyl (C=O) groups is 1. The minimum absolute atomic E-state index is 0.0465. The number of hydrogen-bond acceptors (Lipinski definition) is 4. The Hall–Kier alpha value is -1.62. The summed E-state index contributed by atoms with van der Waals surface area (Å²) in [6.45, 7) is 2.99. The van der Waals surface area contributed by atoms with Crippen LogP contribution in [0.3, 0.4) is 0 Å². The van der Waals surface area contributed by atoms with E-state index in [1.165, 1.54) is 4.90 Å². The minimum atomic E-state index is -0.186. The van der Waals surface area contributed by atoms with Gasteiger partial charge >= 0.3 is 0 Å². The first-order valence-electron chi connectivity index (χ1n) is 5.26. The van der Waals surface area contributed by atoms with Gasteiger partial charge in [-0.25, -0.2) is 4.98 Å². The van der Waals surface area contributed by atoms with Gasteiger partial charge in [0, 0.05) is 20.1 Å². The summed E-state index contributed by atoms with van der Waals surface area (Å²) in [6, 6.07) is 5.26. The largest absolute Gasteiger partial charge is 0.395 e. The zero-order chi connectivity index (χ0) is 12.0. The van der Waals surface area contributed by atoms with Crippen molar-refractivity contribution in [1.29, 1.82) is 0 Å². The SMILES string of the molecule is CCNc1cccc(C(=O)N(C)CCO)n1. The molecular formula is C11H17N3O2. The van der Waals surface area contributed by atoms with Crippen molar-refractivity contribution < 1.29 is 9.90 Å². The van der Waals surface area contributed by atoms with E-state index in [0.29, 0.717) is 18.1 Å². The van der Waals surface area contributed by atoms with Crippen LogP contribution in [-0.4, -0.2) is 47.6 Å². The molecule has 0 aliphatic heterocycles. The molecule has 0 aliphatic carbocycles. The molecule has 88 valence electrons. The number of likely N-dealkylation sites (N-methyl/N-ethyl adjacent to an activating group) is 1. The molecule has 5 heteroatoms. The predicted molar refractivity (Wildman–Crippen MR) is 62.4 cm³/mol. The van der Waals surface area contributed by atoms with Gasteiger partial charge in [0.25, 0.3) is 5.91 Å². The standard InChI is InChI=1S/C11H17N3O2/c1-3-12-10-6-4-5-9(13-10)11(16)14(2)7-8-15/h4-6,15H,3,7-8H2,1-2H3,(H,12,13). The van der Waals surface area contributed by atoms with Crippen LogP contribution < -0.4 is 5.32 Å². The first kappa shape index (κ1) is 12.4. The molecule has 0 fully saturated rings. The highest BCUT2D eigenvalue weighted by molar-refractivity contribution is 5.92. The van der Waals surface area contributed by atoms with Crippen molar-refractivity contribution in [1.82, 2.24) is 9.88 Å². The van der Waals surface area contributed by atoms with Gasteiger partial charge in [0.2, 0.25) is 0 Å². The van der Waals surface area contributed by atoms with Crippen molar-refractivity contribution in [2.24, 2.45) is 0 Å². The lowest BCUT2D eigenvalue weighted by molar-refractivity contribution is 0.0761. The number of nitrogens with one attached hydrogen (secondary N) is 1. The Labute approximate surface area is 95.1 Å². The van der Waals surface area contributed by atoms with Gasteiger partial charge in [-0.05, 0) is 19.1 Å². The highest BCUT2D eigenvalue weighted by Crippen LogP contribution is 2.06. The van der Waals surface area contributed by atoms with Crippen molar-refractivity contribution in [3.8, 4) is 0 Å². The zero-order valence-corrected chi connectivity index (χ0v) is 9.60. The lowest BCUT2D eigenvalue weighted by Gasteiger charge is -2.15. The summed E-state index contributed by atoms with van der Waals surface area (Å²) in [5.74, 6) is 0.500. The van der Waals surface area contributed by atoms with Crippen LogP contribution in [0.15, 0.2) is 18.2 Å². The minimum Gasteiger partial charge on any atom is -0.395 e. The van der Waals surface area contributed by atoms with E-state index >= 15 is 0 Å². The molecule has 5 nitrogen and oxygen atoms in total. The summed E-state index contributed by atoms with van der Waals surface area (Å²) in [7, 11) is 1.64. The molecule has 0 saturated carbocycles. The van der Waals surface area contributed by atoms with E-state index in [-0.39, 0.29) is 12.5 Å². The van der Waals surface area contributed by atoms with E-state index in [0.717, 1.165) is 6.54 Å². The van der Waals surface area contributed by atoms with Gasteiger partial charge in [0.1, 0.15) is 11.5 Å². The molecular weight excluding hydrogens is 206 g/mol. The third-order valence-electron chi connectivity index (χ3n) is 2.11. The van der Waals surface area contributed by atoms with Crippen molar-refractivity contribution in [3.05, 3.63) is 23.9 Å². The van der Waals surface area contributed by atoms with Crippen LogP contribution in [0.4, 0.5) is 5.82 Å². The van der Waals surface area contributed by atoms with Gasteiger partial charge in [0.05, 0.1) is 6.61 Å². The Morgan fingerprint density at radius 3 is 2.94 bits per heavy atom. The lowest BCUT2D eigenvalue weighted by atomic mass is 10.3. The van der Waals surface area contributed by atoms with Crippen molar-refractivity contribution in [2.45, 2.75) is 6.92 Å². The molecule has 1 aromatic heterocycles. The number of carbonyl (C=O) groups excluding carboxylic acids is 1. The maximum Gasteiger partial charge on any atom is 0.272 e. The number of rotatable bonds is 5. The van der Waals surface area contributed by atoms with E-state index < -0.39 is 0 Å². The van der Waals surface area contributed by atoms with Crippen LogP contribution in [0.2, 0.25) is 0 Å². The van der Waals surface area contributed by atoms with Gasteiger partial charge in [0.15, 0.2) is 0 Å². The number of amides is 1. The average molecular weight is 223 g/mol. The Bertz CT molecular complexity index is 355. The lowest BCUT2D eigenvalue weighted by Crippen LogP contribution is -2.30. The van der Waals surface area contributed by atoms with Crippen LogP contribution in [0.5, 0.6) is 0 Å². The number of nitrogens with zero attached hydrogens (tertiary/aromatic N) is 2. The highest BCUT2D eigenvalue weighted by atomic mass is 16.3. The molecule has 1 rings (SSSR count). The predicted octanol–water partition coefficient (Wildman–Crippen LogP) is 0.578. The molecule has 0 atom stereocenters. The van der Waals surface area contributed by atoms with Gasteiger partial charge in [-0.2, -0.15) is 0 Å². The van der Waals surface area contributed by atoms with Crippen LogP contribution >= 0.6 is 0 Å². The molecule has 16 heavy (non-hydrogen) atoms. The molecule has 0 bridgehead atoms. The fourth-order valence-corrected chi connectivity index (χ4v) is 1.28. The fraction of sp³-hybridized carbons (Fsp3) is 0.455. The number of aromatic nitrogens is 1. The van der Waals surface area contributed by atoms with Gasteiger partial charge < -0.3 is 15.3 Å². The topological polar surface area (TPSA) is 65.5 Å². The zero-order valence-electron chi connectivity index (χ0n) is 9.60. The van der Waals surface area contributed by atoms with E-state index in [4.69, 9.17) is 5.11 Å². The van der Waals surface area contributed by atoms with Crippen molar-refractivity contribution in [2.75, 3.05) is 32.1 Å². The third-order valence-corrected chi connectivity index (χ3v) is 2.11. The normalized spacial score (nSPS) is 9.94. The fourth-order valence-electron chi connectivity index (χ4n) is 1.28. The second kappa shape index (κ2) is 6.07. The van der Waals surface area contributed by atoms with E-state index in [2.05, 4.69) is 10.3 Å². The van der Waals surface area contributed by atoms with Gasteiger partial charge in [-0.3, -0.25) is 4.79 Å². The summed E-state index contributed by atoms with van der Waals surface area (Å²) in [5.41, 5.74) is 0.384. The first-order chi connectivity index (χ1) is 7.69. The molecule has 2 N–H and O–H groups in total. The molecule has 1 amide bonds. The monoisotopic (exact) mass is 223 g/mol. The van der Waals surface area contributed by atoms with Crippen LogP contribution in [0, 0.1) is 0 Å². The first-order valence-corrected chi connectivity index (χ1v) is 5.26. The van der Waals surface area contributed by atoms with Gasteiger partial charge in [-0.15, -0.1) is 0 Å². The quantitative estimate of drug-likeness (QED) is 0.766. The Balaban J connectivity index is 2.78. The molecule has 0 radical (unpaired) electrons. The van der Waals surface area contributed by atoms with E-state index in [1.54, 1.807) is 19.2 Å². The summed E-state index contributed by atoms with van der Waals surface area (Å²) >= 11 is 0. The second-order valence-electron chi connectivity index (χ2n) is 3.39. The Kier molecular flexibility index (Phi) is 4.72. The second-order valence-corrected chi connectivity index (χ2v) is 3.39. The van der Waals surface area contributed by atoms with E-state index in [9.17, 15) is 4.79 Å². The maximum absolute atomic E-state index is 11.8. The van der Waals surface area contributed by atoms with Crippen molar-refractivity contribution >= 4 is 11.7 Å².